The van der Waals surface area contributed by atoms with Crippen LogP contribution in [0.25, 0.3) is 0 Å². The molecular formula is C12H18FNO. The van der Waals surface area contributed by atoms with Gasteiger partial charge in [-0.25, -0.2) is 4.39 Å². The van der Waals surface area contributed by atoms with E-state index in [0.29, 0.717) is 18.6 Å². The van der Waals surface area contributed by atoms with Crippen LogP contribution in [0.3, 0.4) is 0 Å². The maximum Gasteiger partial charge on any atom is 0.128 e. The van der Waals surface area contributed by atoms with Crippen molar-refractivity contribution >= 4 is 0 Å². The molecule has 0 radical (unpaired) electrons. The summed E-state index contributed by atoms with van der Waals surface area (Å²) >= 11 is 0. The second-order valence-electron chi connectivity index (χ2n) is 4.14. The van der Waals surface area contributed by atoms with Crippen LogP contribution in [0.4, 0.5) is 4.39 Å². The fourth-order valence-corrected chi connectivity index (χ4v) is 1.53. The molecule has 1 rings (SSSR count). The summed E-state index contributed by atoms with van der Waals surface area (Å²) < 4.78 is 18.5. The van der Waals surface area contributed by atoms with Gasteiger partial charge in [-0.2, -0.15) is 0 Å². The molecule has 1 atom stereocenters. The zero-order valence-electron chi connectivity index (χ0n) is 9.51. The molecule has 1 aromatic carbocycles. The highest BCUT2D eigenvalue weighted by molar-refractivity contribution is 5.29. The van der Waals surface area contributed by atoms with Crippen LogP contribution in [0.5, 0.6) is 0 Å². The molecule has 84 valence electrons. The lowest BCUT2D eigenvalue weighted by Gasteiger charge is -2.25. The van der Waals surface area contributed by atoms with Crippen molar-refractivity contribution in [1.82, 2.24) is 0 Å². The maximum atomic E-state index is 13.6. The summed E-state index contributed by atoms with van der Waals surface area (Å²) in [5.41, 5.74) is 6.97. The number of halogens is 1. The van der Waals surface area contributed by atoms with E-state index in [2.05, 4.69) is 0 Å². The molecule has 0 fully saturated rings. The van der Waals surface area contributed by atoms with E-state index in [4.69, 9.17) is 10.5 Å². The zero-order valence-corrected chi connectivity index (χ0v) is 9.51. The molecule has 0 aliphatic heterocycles. The second-order valence-corrected chi connectivity index (χ2v) is 4.14. The number of nitrogens with two attached hydrogens (primary N) is 1. The van der Waals surface area contributed by atoms with Crippen molar-refractivity contribution in [2.45, 2.75) is 25.8 Å². The third kappa shape index (κ3) is 3.01. The minimum absolute atomic E-state index is 0.248. The van der Waals surface area contributed by atoms with Gasteiger partial charge in [-0.3, -0.25) is 0 Å². The van der Waals surface area contributed by atoms with E-state index in [-0.39, 0.29) is 5.82 Å². The molecule has 2 N–H and O–H groups in total. The first kappa shape index (κ1) is 12.1. The molecule has 0 spiro atoms. The van der Waals surface area contributed by atoms with Crippen molar-refractivity contribution in [3.8, 4) is 0 Å². The van der Waals surface area contributed by atoms with Crippen molar-refractivity contribution < 1.29 is 9.13 Å². The molecular weight excluding hydrogens is 193 g/mol. The van der Waals surface area contributed by atoms with Crippen LogP contribution < -0.4 is 5.73 Å². The second kappa shape index (κ2) is 4.73. The van der Waals surface area contributed by atoms with E-state index in [9.17, 15) is 4.39 Å². The van der Waals surface area contributed by atoms with Gasteiger partial charge in [0.2, 0.25) is 0 Å². The fourth-order valence-electron chi connectivity index (χ4n) is 1.53. The Morgan fingerprint density at radius 3 is 2.73 bits per heavy atom. The summed E-state index contributed by atoms with van der Waals surface area (Å²) in [6, 6.07) is 5.00. The lowest BCUT2D eigenvalue weighted by Crippen LogP contribution is -2.35. The molecule has 0 saturated carbocycles. The predicted molar refractivity (Wildman–Crippen MR) is 59.2 cm³/mol. The molecule has 0 aliphatic carbocycles. The minimum atomic E-state index is -0.674. The van der Waals surface area contributed by atoms with E-state index in [0.717, 1.165) is 5.56 Å². The Balaban J connectivity index is 2.97. The van der Waals surface area contributed by atoms with Crippen LogP contribution in [0, 0.1) is 12.7 Å². The Hall–Kier alpha value is -0.930. The van der Waals surface area contributed by atoms with Gasteiger partial charge >= 0.3 is 0 Å². The van der Waals surface area contributed by atoms with Crippen molar-refractivity contribution in [1.29, 1.82) is 0 Å². The van der Waals surface area contributed by atoms with Gasteiger partial charge in [-0.1, -0.05) is 17.7 Å². The molecule has 0 aromatic heterocycles. The summed E-state index contributed by atoms with van der Waals surface area (Å²) in [6.45, 7) is 4.28. The van der Waals surface area contributed by atoms with E-state index in [1.165, 1.54) is 6.07 Å². The van der Waals surface area contributed by atoms with Gasteiger partial charge in [-0.05, 0) is 26.3 Å². The lowest BCUT2D eigenvalue weighted by molar-refractivity contribution is 0.171. The zero-order chi connectivity index (χ0) is 11.5. The van der Waals surface area contributed by atoms with Gasteiger partial charge < -0.3 is 10.5 Å². The monoisotopic (exact) mass is 211 g/mol. The summed E-state index contributed by atoms with van der Waals surface area (Å²) in [5.74, 6) is -0.248. The molecule has 1 aromatic rings. The first-order valence-electron chi connectivity index (χ1n) is 5.02. The molecule has 0 heterocycles. The van der Waals surface area contributed by atoms with Crippen molar-refractivity contribution in [3.05, 3.63) is 35.1 Å². The minimum Gasteiger partial charge on any atom is -0.385 e. The number of benzene rings is 1. The van der Waals surface area contributed by atoms with Crippen LogP contribution in [0.1, 0.15) is 24.5 Å². The van der Waals surface area contributed by atoms with E-state index in [1.54, 1.807) is 19.2 Å². The van der Waals surface area contributed by atoms with Gasteiger partial charge in [-0.15, -0.1) is 0 Å². The van der Waals surface area contributed by atoms with Crippen LogP contribution >= 0.6 is 0 Å². The smallest absolute Gasteiger partial charge is 0.128 e. The van der Waals surface area contributed by atoms with Crippen LogP contribution in [0.2, 0.25) is 0 Å². The van der Waals surface area contributed by atoms with Crippen LogP contribution in [-0.2, 0) is 10.3 Å². The average Bonchev–Trinajstić information content (AvgIpc) is 2.18. The van der Waals surface area contributed by atoms with Gasteiger partial charge in [0.1, 0.15) is 5.82 Å². The average molecular weight is 211 g/mol. The normalized spacial score (nSPS) is 15.0. The number of hydrogen-bond donors (Lipinski definition) is 1. The first-order chi connectivity index (χ1) is 6.97. The maximum absolute atomic E-state index is 13.6. The molecule has 1 unspecified atom stereocenters. The Bertz CT molecular complexity index is 336. The molecule has 2 nitrogen and oxygen atoms in total. The number of ether oxygens (including phenoxy) is 1. The van der Waals surface area contributed by atoms with Gasteiger partial charge in [0, 0.05) is 24.8 Å². The van der Waals surface area contributed by atoms with Gasteiger partial charge in [0.05, 0.1) is 0 Å². The number of methoxy groups -OCH3 is 1. The fraction of sp³-hybridized carbons (Fsp3) is 0.500. The van der Waals surface area contributed by atoms with Gasteiger partial charge in [0.25, 0.3) is 0 Å². The van der Waals surface area contributed by atoms with E-state index < -0.39 is 5.54 Å². The van der Waals surface area contributed by atoms with Crippen molar-refractivity contribution in [2.75, 3.05) is 13.7 Å². The number of rotatable bonds is 4. The molecule has 15 heavy (non-hydrogen) atoms. The Kier molecular flexibility index (Phi) is 3.83. The third-order valence-electron chi connectivity index (χ3n) is 2.56. The molecule has 0 amide bonds. The highest BCUT2D eigenvalue weighted by Gasteiger charge is 2.24. The highest BCUT2D eigenvalue weighted by atomic mass is 19.1. The molecule has 3 heteroatoms. The van der Waals surface area contributed by atoms with Crippen molar-refractivity contribution in [3.63, 3.8) is 0 Å². The largest absolute Gasteiger partial charge is 0.385 e. The topological polar surface area (TPSA) is 35.2 Å². The van der Waals surface area contributed by atoms with Crippen molar-refractivity contribution in [2.24, 2.45) is 5.73 Å². The van der Waals surface area contributed by atoms with Crippen LogP contribution in [0.15, 0.2) is 18.2 Å². The highest BCUT2D eigenvalue weighted by Crippen LogP contribution is 2.25. The quantitative estimate of drug-likeness (QED) is 0.829. The standard InChI is InChI=1S/C12H18FNO/c1-9-4-5-11(13)10(8-9)12(2,14)6-7-15-3/h4-5,8H,6-7,14H2,1-3H3. The SMILES string of the molecule is COCCC(C)(N)c1cc(C)ccc1F. The van der Waals surface area contributed by atoms with E-state index in [1.807, 2.05) is 13.8 Å². The van der Waals surface area contributed by atoms with E-state index >= 15 is 0 Å². The Morgan fingerprint density at radius 1 is 1.47 bits per heavy atom. The lowest BCUT2D eigenvalue weighted by atomic mass is 9.89. The Morgan fingerprint density at radius 2 is 2.13 bits per heavy atom. The number of hydrogen-bond acceptors (Lipinski definition) is 2. The molecule has 0 aliphatic rings. The van der Waals surface area contributed by atoms with Crippen LogP contribution in [-0.4, -0.2) is 13.7 Å². The first-order valence-corrected chi connectivity index (χ1v) is 5.02. The summed E-state index contributed by atoms with van der Waals surface area (Å²) in [7, 11) is 1.61. The summed E-state index contributed by atoms with van der Waals surface area (Å²) in [6.07, 6.45) is 0.601. The third-order valence-corrected chi connectivity index (χ3v) is 2.56. The summed E-state index contributed by atoms with van der Waals surface area (Å²) in [5, 5.41) is 0. The molecule has 0 saturated heterocycles. The Labute approximate surface area is 90.2 Å². The molecule has 0 bridgehead atoms. The van der Waals surface area contributed by atoms with Gasteiger partial charge in [0.15, 0.2) is 0 Å². The predicted octanol–water partition coefficient (Wildman–Crippen LogP) is 2.34. The number of aryl methyl sites for hydroxylation is 1. The summed E-state index contributed by atoms with van der Waals surface area (Å²) in [4.78, 5) is 0.